The maximum Gasteiger partial charge on any atom is 0.273 e. The maximum absolute atomic E-state index is 11.4. The van der Waals surface area contributed by atoms with E-state index in [2.05, 4.69) is 15.7 Å². The number of nitrogens with zero attached hydrogens (tertiary/aromatic N) is 2. The predicted molar refractivity (Wildman–Crippen MR) is 59.8 cm³/mol. The van der Waals surface area contributed by atoms with Gasteiger partial charge in [-0.3, -0.25) is 14.8 Å². The minimum absolute atomic E-state index is 0.205. The van der Waals surface area contributed by atoms with Crippen LogP contribution >= 0.6 is 12.2 Å². The number of carbonyl (C=O) groups excluding carboxylic acids is 1. The Morgan fingerprint density at radius 2 is 2.27 bits per heavy atom. The molecule has 2 rings (SSSR count). The smallest absolute Gasteiger partial charge is 0.273 e. The standard InChI is InChI=1S/C9H10N4OS/c1-5-6(4-10-13(5)2)3-7-8(14)12-9(15)11-7/h3-4H,1-2H3,(H2,11,12,14,15)/b7-3+. The SMILES string of the molecule is Cc1c(/C=C2/NC(=S)NC2=O)cnn1C. The number of aryl methyl sites for hydroxylation is 1. The molecule has 1 aromatic rings. The lowest BCUT2D eigenvalue weighted by Gasteiger charge is -1.96. The number of hydrogen-bond acceptors (Lipinski definition) is 3. The maximum atomic E-state index is 11.4. The highest BCUT2D eigenvalue weighted by Crippen LogP contribution is 2.11. The van der Waals surface area contributed by atoms with E-state index in [9.17, 15) is 4.79 Å². The zero-order valence-corrected chi connectivity index (χ0v) is 9.18. The molecule has 1 saturated heterocycles. The van der Waals surface area contributed by atoms with Gasteiger partial charge in [0.25, 0.3) is 5.91 Å². The third kappa shape index (κ3) is 1.75. The molecule has 0 saturated carbocycles. The molecule has 0 radical (unpaired) electrons. The second kappa shape index (κ2) is 3.47. The van der Waals surface area contributed by atoms with Gasteiger partial charge in [-0.1, -0.05) is 0 Å². The summed E-state index contributed by atoms with van der Waals surface area (Å²) >= 11 is 4.82. The van der Waals surface area contributed by atoms with E-state index in [1.165, 1.54) is 0 Å². The molecule has 0 bridgehead atoms. The van der Waals surface area contributed by atoms with Gasteiger partial charge in [0.1, 0.15) is 5.70 Å². The lowest BCUT2D eigenvalue weighted by molar-refractivity contribution is -0.115. The normalized spacial score (nSPS) is 18.1. The molecule has 0 aliphatic carbocycles. The summed E-state index contributed by atoms with van der Waals surface area (Å²) in [7, 11) is 1.85. The van der Waals surface area contributed by atoms with Crippen LogP contribution in [0.25, 0.3) is 6.08 Å². The number of aromatic nitrogens is 2. The number of amides is 1. The molecule has 2 heterocycles. The van der Waals surface area contributed by atoms with E-state index in [0.717, 1.165) is 11.3 Å². The van der Waals surface area contributed by atoms with Gasteiger partial charge in [0, 0.05) is 18.3 Å². The Morgan fingerprint density at radius 3 is 2.73 bits per heavy atom. The van der Waals surface area contributed by atoms with Gasteiger partial charge in [-0.25, -0.2) is 0 Å². The molecule has 78 valence electrons. The van der Waals surface area contributed by atoms with Crippen molar-refractivity contribution in [2.45, 2.75) is 6.92 Å². The van der Waals surface area contributed by atoms with Gasteiger partial charge in [0.15, 0.2) is 5.11 Å². The summed E-state index contributed by atoms with van der Waals surface area (Å²) in [6.07, 6.45) is 3.44. The average Bonchev–Trinajstić information content (AvgIpc) is 2.64. The van der Waals surface area contributed by atoms with Gasteiger partial charge in [-0.15, -0.1) is 0 Å². The van der Waals surface area contributed by atoms with Crippen LogP contribution in [0.2, 0.25) is 0 Å². The quantitative estimate of drug-likeness (QED) is 0.521. The lowest BCUT2D eigenvalue weighted by atomic mass is 10.2. The Kier molecular flexibility index (Phi) is 2.28. The zero-order chi connectivity index (χ0) is 11.0. The summed E-state index contributed by atoms with van der Waals surface area (Å²) in [5.41, 5.74) is 2.35. The molecule has 0 unspecified atom stereocenters. The minimum atomic E-state index is -0.205. The molecule has 15 heavy (non-hydrogen) atoms. The van der Waals surface area contributed by atoms with Gasteiger partial charge in [0.05, 0.1) is 6.20 Å². The van der Waals surface area contributed by atoms with Gasteiger partial charge >= 0.3 is 0 Å². The topological polar surface area (TPSA) is 58.9 Å². The molecule has 1 fully saturated rings. The van der Waals surface area contributed by atoms with E-state index < -0.39 is 0 Å². The first-order chi connectivity index (χ1) is 7.08. The Balaban J connectivity index is 2.35. The van der Waals surface area contributed by atoms with Crippen molar-refractivity contribution in [3.05, 3.63) is 23.2 Å². The van der Waals surface area contributed by atoms with Gasteiger partial charge in [-0.05, 0) is 25.2 Å². The van der Waals surface area contributed by atoms with Crippen molar-refractivity contribution >= 4 is 29.3 Å². The van der Waals surface area contributed by atoms with Crippen LogP contribution in [0.5, 0.6) is 0 Å². The van der Waals surface area contributed by atoms with Crippen molar-refractivity contribution < 1.29 is 4.79 Å². The summed E-state index contributed by atoms with van der Waals surface area (Å²) in [5, 5.41) is 9.71. The Morgan fingerprint density at radius 1 is 1.53 bits per heavy atom. The monoisotopic (exact) mass is 222 g/mol. The fourth-order valence-electron chi connectivity index (χ4n) is 1.30. The highest BCUT2D eigenvalue weighted by atomic mass is 32.1. The predicted octanol–water partition coefficient (Wildman–Crippen LogP) is 0.0737. The number of hydrogen-bond donors (Lipinski definition) is 2. The van der Waals surface area contributed by atoms with Crippen molar-refractivity contribution in [3.8, 4) is 0 Å². The van der Waals surface area contributed by atoms with Crippen LogP contribution in [0.1, 0.15) is 11.3 Å². The molecule has 1 aliphatic heterocycles. The highest BCUT2D eigenvalue weighted by Gasteiger charge is 2.20. The first kappa shape index (κ1) is 9.85. The number of carbonyl (C=O) groups is 1. The summed E-state index contributed by atoms with van der Waals surface area (Å²) in [6, 6.07) is 0. The minimum Gasteiger partial charge on any atom is -0.328 e. The van der Waals surface area contributed by atoms with Crippen LogP contribution in [0.3, 0.4) is 0 Å². The molecule has 2 N–H and O–H groups in total. The van der Waals surface area contributed by atoms with Crippen LogP contribution in [0.4, 0.5) is 0 Å². The Labute approximate surface area is 92.2 Å². The van der Waals surface area contributed by atoms with Crippen molar-refractivity contribution in [3.63, 3.8) is 0 Å². The van der Waals surface area contributed by atoms with E-state index >= 15 is 0 Å². The molecular weight excluding hydrogens is 212 g/mol. The van der Waals surface area contributed by atoms with Gasteiger partial charge in [-0.2, -0.15) is 5.10 Å². The molecule has 1 aromatic heterocycles. The highest BCUT2D eigenvalue weighted by molar-refractivity contribution is 7.80. The van der Waals surface area contributed by atoms with Crippen LogP contribution in [-0.4, -0.2) is 20.8 Å². The molecule has 5 nitrogen and oxygen atoms in total. The fraction of sp³-hybridized carbons (Fsp3) is 0.222. The van der Waals surface area contributed by atoms with Gasteiger partial charge in [0.2, 0.25) is 0 Å². The first-order valence-electron chi connectivity index (χ1n) is 4.40. The zero-order valence-electron chi connectivity index (χ0n) is 8.37. The molecule has 6 heteroatoms. The molecule has 1 amide bonds. The third-order valence-corrected chi connectivity index (χ3v) is 2.50. The van der Waals surface area contributed by atoms with Gasteiger partial charge < -0.3 is 5.32 Å². The van der Waals surface area contributed by atoms with E-state index in [4.69, 9.17) is 12.2 Å². The molecular formula is C9H10N4OS. The van der Waals surface area contributed by atoms with E-state index in [0.29, 0.717) is 10.8 Å². The summed E-state index contributed by atoms with van der Waals surface area (Å²) in [5.74, 6) is -0.205. The van der Waals surface area contributed by atoms with Crippen LogP contribution < -0.4 is 10.6 Å². The summed E-state index contributed by atoms with van der Waals surface area (Å²) < 4.78 is 1.75. The number of rotatable bonds is 1. The Hall–Kier alpha value is -1.69. The third-order valence-electron chi connectivity index (χ3n) is 2.29. The first-order valence-corrected chi connectivity index (χ1v) is 4.81. The van der Waals surface area contributed by atoms with Crippen molar-refractivity contribution in [1.82, 2.24) is 20.4 Å². The fourth-order valence-corrected chi connectivity index (χ4v) is 1.50. The van der Waals surface area contributed by atoms with E-state index in [1.807, 2.05) is 14.0 Å². The second-order valence-corrected chi connectivity index (χ2v) is 3.68. The van der Waals surface area contributed by atoms with Crippen molar-refractivity contribution in [2.75, 3.05) is 0 Å². The van der Waals surface area contributed by atoms with Crippen molar-refractivity contribution in [2.24, 2.45) is 7.05 Å². The summed E-state index contributed by atoms with van der Waals surface area (Å²) in [4.78, 5) is 11.4. The molecule has 0 spiro atoms. The second-order valence-electron chi connectivity index (χ2n) is 3.28. The van der Waals surface area contributed by atoms with Crippen molar-refractivity contribution in [1.29, 1.82) is 0 Å². The lowest BCUT2D eigenvalue weighted by Crippen LogP contribution is -2.21. The largest absolute Gasteiger partial charge is 0.328 e. The molecule has 1 aliphatic rings. The van der Waals surface area contributed by atoms with E-state index in [-0.39, 0.29) is 5.91 Å². The van der Waals surface area contributed by atoms with Crippen LogP contribution in [0, 0.1) is 6.92 Å². The van der Waals surface area contributed by atoms with Crippen LogP contribution in [-0.2, 0) is 11.8 Å². The van der Waals surface area contributed by atoms with E-state index in [1.54, 1.807) is 17.0 Å². The number of nitrogens with one attached hydrogen (secondary N) is 2. The molecule has 0 atom stereocenters. The van der Waals surface area contributed by atoms with Crippen LogP contribution in [0.15, 0.2) is 11.9 Å². The summed E-state index contributed by atoms with van der Waals surface area (Å²) in [6.45, 7) is 1.94. The number of thiocarbonyl (C=S) groups is 1. The average molecular weight is 222 g/mol. The Bertz CT molecular complexity index is 474. The molecule has 0 aromatic carbocycles.